The van der Waals surface area contributed by atoms with Crippen LogP contribution in [0.2, 0.25) is 0 Å². The molecule has 0 fully saturated rings. The molecule has 1 atom stereocenters. The van der Waals surface area contributed by atoms with E-state index in [1.54, 1.807) is 6.20 Å². The number of nitrogens with two attached hydrogens (primary N) is 1. The molecule has 1 unspecified atom stereocenters. The highest BCUT2D eigenvalue weighted by Crippen LogP contribution is 2.25. The lowest BCUT2D eigenvalue weighted by atomic mass is 10.1. The van der Waals surface area contributed by atoms with Crippen molar-refractivity contribution >= 4 is 38.8 Å². The van der Waals surface area contributed by atoms with Crippen LogP contribution in [0.15, 0.2) is 47.1 Å². The minimum absolute atomic E-state index is 0.0728. The molecular formula is C14H14BrN3S. The van der Waals surface area contributed by atoms with Crippen molar-refractivity contribution in [2.45, 2.75) is 13.0 Å². The second-order valence-corrected chi connectivity index (χ2v) is 5.53. The first kappa shape index (κ1) is 14.0. The molecule has 2 aromatic rings. The topological polar surface area (TPSA) is 50.9 Å². The third-order valence-electron chi connectivity index (χ3n) is 2.75. The third kappa shape index (κ3) is 3.52. The van der Waals surface area contributed by atoms with Gasteiger partial charge in [0.1, 0.15) is 4.99 Å². The van der Waals surface area contributed by atoms with Crippen LogP contribution in [-0.2, 0) is 0 Å². The zero-order chi connectivity index (χ0) is 13.8. The molecule has 0 bridgehead atoms. The lowest BCUT2D eigenvalue weighted by Gasteiger charge is -2.17. The maximum atomic E-state index is 5.74. The lowest BCUT2D eigenvalue weighted by molar-refractivity contribution is 0.839. The van der Waals surface area contributed by atoms with Crippen LogP contribution in [0.4, 0.5) is 5.69 Å². The van der Waals surface area contributed by atoms with Crippen molar-refractivity contribution in [1.82, 2.24) is 4.98 Å². The SMILES string of the molecule is CC(Nc1cc(Br)ccc1C(N)=S)c1ccccn1. The number of pyridine rings is 1. The zero-order valence-electron chi connectivity index (χ0n) is 10.4. The van der Waals surface area contributed by atoms with E-state index in [9.17, 15) is 0 Å². The highest BCUT2D eigenvalue weighted by atomic mass is 79.9. The number of rotatable bonds is 4. The van der Waals surface area contributed by atoms with Gasteiger partial charge in [-0.3, -0.25) is 4.98 Å². The molecule has 1 heterocycles. The molecular weight excluding hydrogens is 322 g/mol. The Kier molecular flexibility index (Phi) is 4.50. The summed E-state index contributed by atoms with van der Waals surface area (Å²) in [6.45, 7) is 2.05. The van der Waals surface area contributed by atoms with Gasteiger partial charge in [0.05, 0.1) is 11.7 Å². The second-order valence-electron chi connectivity index (χ2n) is 4.17. The first-order chi connectivity index (χ1) is 9.08. The molecule has 1 aromatic carbocycles. The van der Waals surface area contributed by atoms with E-state index in [1.165, 1.54) is 0 Å². The van der Waals surface area contributed by atoms with Crippen LogP contribution in [0, 0.1) is 0 Å². The molecule has 0 radical (unpaired) electrons. The molecule has 1 aromatic heterocycles. The van der Waals surface area contributed by atoms with E-state index in [0.717, 1.165) is 21.4 Å². The monoisotopic (exact) mass is 335 g/mol. The Balaban J connectivity index is 2.28. The number of halogens is 1. The second kappa shape index (κ2) is 6.12. The van der Waals surface area contributed by atoms with Crippen LogP contribution < -0.4 is 11.1 Å². The van der Waals surface area contributed by atoms with Gasteiger partial charge >= 0.3 is 0 Å². The molecule has 19 heavy (non-hydrogen) atoms. The van der Waals surface area contributed by atoms with Crippen LogP contribution in [0.3, 0.4) is 0 Å². The number of nitrogens with one attached hydrogen (secondary N) is 1. The largest absolute Gasteiger partial charge is 0.389 e. The summed E-state index contributed by atoms with van der Waals surface area (Å²) < 4.78 is 0.975. The average Bonchev–Trinajstić information content (AvgIpc) is 2.39. The van der Waals surface area contributed by atoms with Crippen molar-refractivity contribution in [3.63, 3.8) is 0 Å². The van der Waals surface area contributed by atoms with Crippen molar-refractivity contribution in [3.05, 3.63) is 58.3 Å². The number of hydrogen-bond donors (Lipinski definition) is 2. The van der Waals surface area contributed by atoms with Gasteiger partial charge in [-0.25, -0.2) is 0 Å². The molecule has 2 rings (SSSR count). The molecule has 0 aliphatic rings. The quantitative estimate of drug-likeness (QED) is 0.837. The Morgan fingerprint density at radius 1 is 1.37 bits per heavy atom. The molecule has 0 amide bonds. The van der Waals surface area contributed by atoms with Crippen molar-refractivity contribution < 1.29 is 0 Å². The van der Waals surface area contributed by atoms with Gasteiger partial charge in [0.2, 0.25) is 0 Å². The van der Waals surface area contributed by atoms with Crippen LogP contribution in [-0.4, -0.2) is 9.97 Å². The summed E-state index contributed by atoms with van der Waals surface area (Å²) in [5, 5.41) is 3.39. The van der Waals surface area contributed by atoms with Crippen LogP contribution >= 0.6 is 28.1 Å². The number of hydrogen-bond acceptors (Lipinski definition) is 3. The first-order valence-electron chi connectivity index (χ1n) is 5.84. The van der Waals surface area contributed by atoms with E-state index in [1.807, 2.05) is 43.3 Å². The summed E-state index contributed by atoms with van der Waals surface area (Å²) in [6, 6.07) is 11.7. The predicted molar refractivity (Wildman–Crippen MR) is 86.3 cm³/mol. The standard InChI is InChI=1S/C14H14BrN3S/c1-9(12-4-2-3-7-17-12)18-13-8-10(15)5-6-11(13)14(16)19/h2-9,18H,1H3,(H2,16,19). The minimum atomic E-state index is 0.0728. The summed E-state index contributed by atoms with van der Waals surface area (Å²) in [4.78, 5) is 4.71. The van der Waals surface area contributed by atoms with Crippen molar-refractivity contribution in [2.24, 2.45) is 5.73 Å². The molecule has 0 aliphatic heterocycles. The molecule has 0 aliphatic carbocycles. The Labute approximate surface area is 126 Å². The molecule has 3 nitrogen and oxygen atoms in total. The zero-order valence-corrected chi connectivity index (χ0v) is 12.8. The van der Waals surface area contributed by atoms with E-state index >= 15 is 0 Å². The van der Waals surface area contributed by atoms with E-state index in [-0.39, 0.29) is 6.04 Å². The van der Waals surface area contributed by atoms with Crippen LogP contribution in [0.1, 0.15) is 24.2 Å². The number of thiocarbonyl (C=S) groups is 1. The summed E-state index contributed by atoms with van der Waals surface area (Å²) in [6.07, 6.45) is 1.78. The van der Waals surface area contributed by atoms with Gasteiger partial charge in [0.15, 0.2) is 0 Å². The Hall–Kier alpha value is -1.46. The summed E-state index contributed by atoms with van der Waals surface area (Å²) >= 11 is 8.52. The molecule has 3 N–H and O–H groups in total. The predicted octanol–water partition coefficient (Wildman–Crippen LogP) is 3.65. The maximum Gasteiger partial charge on any atom is 0.106 e. The third-order valence-corrected chi connectivity index (χ3v) is 3.46. The van der Waals surface area contributed by atoms with Crippen molar-refractivity contribution in [3.8, 4) is 0 Å². The maximum absolute atomic E-state index is 5.74. The fourth-order valence-corrected chi connectivity index (χ4v) is 2.33. The van der Waals surface area contributed by atoms with Gasteiger partial charge in [-0.2, -0.15) is 0 Å². The Morgan fingerprint density at radius 2 is 2.16 bits per heavy atom. The summed E-state index contributed by atoms with van der Waals surface area (Å²) in [5.74, 6) is 0. The van der Waals surface area contributed by atoms with Gasteiger partial charge in [0, 0.05) is 21.9 Å². The van der Waals surface area contributed by atoms with Crippen LogP contribution in [0.25, 0.3) is 0 Å². The smallest absolute Gasteiger partial charge is 0.106 e. The number of aromatic nitrogens is 1. The molecule has 5 heteroatoms. The van der Waals surface area contributed by atoms with E-state index in [4.69, 9.17) is 18.0 Å². The number of nitrogens with zero attached hydrogens (tertiary/aromatic N) is 1. The fourth-order valence-electron chi connectivity index (χ4n) is 1.79. The number of benzene rings is 1. The molecule has 0 spiro atoms. The highest BCUT2D eigenvalue weighted by molar-refractivity contribution is 9.10. The van der Waals surface area contributed by atoms with Gasteiger partial charge in [-0.15, -0.1) is 0 Å². The van der Waals surface area contributed by atoms with Crippen LogP contribution in [0.5, 0.6) is 0 Å². The lowest BCUT2D eigenvalue weighted by Crippen LogP contribution is -2.15. The Morgan fingerprint density at radius 3 is 2.79 bits per heavy atom. The van der Waals surface area contributed by atoms with Gasteiger partial charge < -0.3 is 11.1 Å². The fraction of sp³-hybridized carbons (Fsp3) is 0.143. The Bertz CT molecular complexity index is 586. The first-order valence-corrected chi connectivity index (χ1v) is 7.05. The van der Waals surface area contributed by atoms with Crippen molar-refractivity contribution in [2.75, 3.05) is 5.32 Å². The molecule has 0 saturated carbocycles. The van der Waals surface area contributed by atoms with Crippen molar-refractivity contribution in [1.29, 1.82) is 0 Å². The summed E-state index contributed by atoms with van der Waals surface area (Å²) in [5.41, 5.74) is 8.45. The minimum Gasteiger partial charge on any atom is -0.389 e. The van der Waals surface area contributed by atoms with E-state index in [0.29, 0.717) is 4.99 Å². The molecule has 0 saturated heterocycles. The average molecular weight is 336 g/mol. The van der Waals surface area contributed by atoms with Gasteiger partial charge in [-0.1, -0.05) is 34.2 Å². The normalized spacial score (nSPS) is 11.9. The van der Waals surface area contributed by atoms with E-state index < -0.39 is 0 Å². The number of anilines is 1. The van der Waals surface area contributed by atoms with Gasteiger partial charge in [-0.05, 0) is 37.3 Å². The van der Waals surface area contributed by atoms with E-state index in [2.05, 4.69) is 26.2 Å². The highest BCUT2D eigenvalue weighted by Gasteiger charge is 2.11. The molecule has 98 valence electrons. The summed E-state index contributed by atoms with van der Waals surface area (Å²) in [7, 11) is 0. The van der Waals surface area contributed by atoms with Gasteiger partial charge in [0.25, 0.3) is 0 Å².